The largest absolute Gasteiger partial charge is 0.357 e. The van der Waals surface area contributed by atoms with Gasteiger partial charge in [0, 0.05) is 43.3 Å². The zero-order valence-electron chi connectivity index (χ0n) is 16.8. The maximum absolute atomic E-state index is 13.0. The van der Waals surface area contributed by atoms with Crippen molar-refractivity contribution in [2.24, 2.45) is 7.05 Å². The number of piperidine rings is 1. The molecule has 0 unspecified atom stereocenters. The summed E-state index contributed by atoms with van der Waals surface area (Å²) in [4.78, 5) is 21.2. The van der Waals surface area contributed by atoms with Gasteiger partial charge in [-0.2, -0.15) is 5.10 Å². The number of amides is 1. The Morgan fingerprint density at radius 3 is 2.61 bits per heavy atom. The summed E-state index contributed by atoms with van der Waals surface area (Å²) >= 11 is 0. The molecule has 0 aliphatic carbocycles. The fourth-order valence-electron chi connectivity index (χ4n) is 5.23. The standard InChI is InChI=1S/C22H27N5O/c1-15-14-19(26(3)24-15)21(28)27-12-9-22(10-13-27)20-17(8-11-25(22)2)16-6-4-5-7-18(16)23-20/h4-7,14,23H,8-13H2,1-3H3. The van der Waals surface area contributed by atoms with Gasteiger partial charge in [-0.3, -0.25) is 14.4 Å². The number of hydrogen-bond acceptors (Lipinski definition) is 3. The number of hydrogen-bond donors (Lipinski definition) is 1. The highest BCUT2D eigenvalue weighted by molar-refractivity contribution is 5.93. The third-order valence-electron chi connectivity index (χ3n) is 6.81. The number of H-pyrrole nitrogens is 1. The Bertz CT molecular complexity index is 1050. The lowest BCUT2D eigenvalue weighted by Crippen LogP contribution is -2.55. The quantitative estimate of drug-likeness (QED) is 0.709. The van der Waals surface area contributed by atoms with Crippen LogP contribution in [0.3, 0.4) is 0 Å². The van der Waals surface area contributed by atoms with Gasteiger partial charge in [-0.1, -0.05) is 18.2 Å². The highest BCUT2D eigenvalue weighted by Crippen LogP contribution is 2.44. The van der Waals surface area contributed by atoms with E-state index in [1.807, 2.05) is 24.9 Å². The summed E-state index contributed by atoms with van der Waals surface area (Å²) in [6.07, 6.45) is 2.98. The van der Waals surface area contributed by atoms with Crippen LogP contribution in [0.2, 0.25) is 0 Å². The molecule has 5 rings (SSSR count). The predicted octanol–water partition coefficient (Wildman–Crippen LogP) is 2.83. The normalized spacial score (nSPS) is 19.3. The van der Waals surface area contributed by atoms with Crippen molar-refractivity contribution in [2.75, 3.05) is 26.7 Å². The number of carbonyl (C=O) groups is 1. The van der Waals surface area contributed by atoms with E-state index in [9.17, 15) is 4.79 Å². The molecular formula is C22H27N5O. The summed E-state index contributed by atoms with van der Waals surface area (Å²) in [6, 6.07) is 10.5. The Kier molecular flexibility index (Phi) is 3.88. The average Bonchev–Trinajstić information content (AvgIpc) is 3.25. The van der Waals surface area contributed by atoms with Gasteiger partial charge in [-0.05, 0) is 50.9 Å². The molecule has 0 radical (unpaired) electrons. The van der Waals surface area contributed by atoms with Gasteiger partial charge in [0.1, 0.15) is 5.69 Å². The lowest BCUT2D eigenvalue weighted by Gasteiger charge is -2.49. The van der Waals surface area contributed by atoms with Crippen molar-refractivity contribution in [1.29, 1.82) is 0 Å². The highest BCUT2D eigenvalue weighted by Gasteiger charge is 2.45. The minimum atomic E-state index is -0.00818. The van der Waals surface area contributed by atoms with Gasteiger partial charge in [0.15, 0.2) is 0 Å². The number of carbonyl (C=O) groups excluding carboxylic acids is 1. The molecule has 6 heteroatoms. The van der Waals surface area contributed by atoms with Crippen LogP contribution < -0.4 is 0 Å². The molecule has 3 aromatic rings. The Balaban J connectivity index is 1.45. The van der Waals surface area contributed by atoms with E-state index in [-0.39, 0.29) is 11.4 Å². The molecular weight excluding hydrogens is 350 g/mol. The maximum atomic E-state index is 13.0. The van der Waals surface area contributed by atoms with Crippen molar-refractivity contribution in [1.82, 2.24) is 24.6 Å². The van der Waals surface area contributed by atoms with Crippen molar-refractivity contribution in [3.8, 4) is 0 Å². The number of aromatic nitrogens is 3. The van der Waals surface area contributed by atoms with E-state index < -0.39 is 0 Å². The number of nitrogens with zero attached hydrogens (tertiary/aromatic N) is 4. The summed E-state index contributed by atoms with van der Waals surface area (Å²) in [5.41, 5.74) is 5.62. The smallest absolute Gasteiger partial charge is 0.272 e. The Morgan fingerprint density at radius 2 is 1.89 bits per heavy atom. The second-order valence-corrected chi connectivity index (χ2v) is 8.31. The molecule has 6 nitrogen and oxygen atoms in total. The van der Waals surface area contributed by atoms with Gasteiger partial charge in [-0.15, -0.1) is 0 Å². The van der Waals surface area contributed by atoms with Crippen LogP contribution in [0.4, 0.5) is 0 Å². The molecule has 2 aliphatic rings. The Hall–Kier alpha value is -2.60. The van der Waals surface area contributed by atoms with Crippen molar-refractivity contribution in [3.63, 3.8) is 0 Å². The summed E-state index contributed by atoms with van der Waals surface area (Å²) < 4.78 is 1.70. The fourth-order valence-corrected chi connectivity index (χ4v) is 5.23. The summed E-state index contributed by atoms with van der Waals surface area (Å²) in [6.45, 7) is 4.52. The van der Waals surface area contributed by atoms with Crippen LogP contribution in [0.5, 0.6) is 0 Å². The summed E-state index contributed by atoms with van der Waals surface area (Å²) in [5, 5.41) is 5.69. The Labute approximate surface area is 165 Å². The number of likely N-dealkylation sites (N-methyl/N-ethyl adjacent to an activating group) is 1. The van der Waals surface area contributed by atoms with E-state index in [1.54, 1.807) is 4.68 Å². The molecule has 1 saturated heterocycles. The molecule has 28 heavy (non-hydrogen) atoms. The number of para-hydroxylation sites is 1. The molecule has 1 spiro atoms. The van der Waals surface area contributed by atoms with Gasteiger partial charge < -0.3 is 9.88 Å². The minimum Gasteiger partial charge on any atom is -0.357 e. The van der Waals surface area contributed by atoms with Crippen LogP contribution in [0.15, 0.2) is 30.3 Å². The first-order valence-corrected chi connectivity index (χ1v) is 10.1. The second-order valence-electron chi connectivity index (χ2n) is 8.31. The van der Waals surface area contributed by atoms with E-state index in [0.29, 0.717) is 5.69 Å². The first-order chi connectivity index (χ1) is 13.5. The van der Waals surface area contributed by atoms with Gasteiger partial charge >= 0.3 is 0 Å². The monoisotopic (exact) mass is 377 g/mol. The number of likely N-dealkylation sites (tertiary alicyclic amines) is 1. The molecule has 1 N–H and O–H groups in total. The van der Waals surface area contributed by atoms with Crippen molar-refractivity contribution in [3.05, 3.63) is 53.0 Å². The van der Waals surface area contributed by atoms with Crippen LogP contribution in [0.25, 0.3) is 10.9 Å². The summed E-state index contributed by atoms with van der Waals surface area (Å²) in [5.74, 6) is 0.0910. The number of aromatic amines is 1. The zero-order valence-corrected chi connectivity index (χ0v) is 16.8. The molecule has 0 bridgehead atoms. The number of aryl methyl sites for hydroxylation is 2. The number of benzene rings is 1. The number of fused-ring (bicyclic) bond motifs is 4. The van der Waals surface area contributed by atoms with Gasteiger partial charge in [0.2, 0.25) is 0 Å². The maximum Gasteiger partial charge on any atom is 0.272 e. The van der Waals surface area contributed by atoms with E-state index in [0.717, 1.165) is 44.6 Å². The van der Waals surface area contributed by atoms with Gasteiger partial charge in [-0.25, -0.2) is 0 Å². The first kappa shape index (κ1) is 17.5. The topological polar surface area (TPSA) is 57.2 Å². The van der Waals surface area contributed by atoms with Crippen LogP contribution in [-0.2, 0) is 19.0 Å². The van der Waals surface area contributed by atoms with Crippen LogP contribution in [0.1, 0.15) is 40.3 Å². The minimum absolute atomic E-state index is 0.00818. The zero-order chi connectivity index (χ0) is 19.5. The lowest BCUT2D eigenvalue weighted by atomic mass is 9.78. The molecule has 1 fully saturated rings. The molecule has 0 atom stereocenters. The lowest BCUT2D eigenvalue weighted by molar-refractivity contribution is 0.0226. The van der Waals surface area contributed by atoms with Gasteiger partial charge in [0.05, 0.1) is 11.2 Å². The molecule has 2 aromatic heterocycles. The van der Waals surface area contributed by atoms with Crippen molar-refractivity contribution < 1.29 is 4.79 Å². The van der Waals surface area contributed by atoms with Crippen LogP contribution in [-0.4, -0.2) is 57.2 Å². The van der Waals surface area contributed by atoms with E-state index in [4.69, 9.17) is 0 Å². The number of rotatable bonds is 1. The SMILES string of the molecule is Cc1cc(C(=O)N2CCC3(CC2)c2[nH]c4ccccc4c2CCN3C)n(C)n1. The van der Waals surface area contributed by atoms with E-state index in [1.165, 1.54) is 22.2 Å². The average molecular weight is 377 g/mol. The molecule has 1 aromatic carbocycles. The molecule has 146 valence electrons. The Morgan fingerprint density at radius 1 is 1.14 bits per heavy atom. The highest BCUT2D eigenvalue weighted by atomic mass is 16.2. The molecule has 1 amide bonds. The third-order valence-corrected chi connectivity index (χ3v) is 6.81. The van der Waals surface area contributed by atoms with Crippen LogP contribution in [0, 0.1) is 6.92 Å². The third kappa shape index (κ3) is 2.44. The van der Waals surface area contributed by atoms with Crippen LogP contribution >= 0.6 is 0 Å². The summed E-state index contributed by atoms with van der Waals surface area (Å²) in [7, 11) is 4.08. The first-order valence-electron chi connectivity index (χ1n) is 10.1. The molecule has 2 aliphatic heterocycles. The van der Waals surface area contributed by atoms with Crippen molar-refractivity contribution in [2.45, 2.75) is 31.7 Å². The number of nitrogens with one attached hydrogen (secondary N) is 1. The second kappa shape index (κ2) is 6.21. The van der Waals surface area contributed by atoms with E-state index in [2.05, 4.69) is 46.3 Å². The van der Waals surface area contributed by atoms with Crippen molar-refractivity contribution >= 4 is 16.8 Å². The predicted molar refractivity (Wildman–Crippen MR) is 109 cm³/mol. The molecule has 0 saturated carbocycles. The molecule has 4 heterocycles. The van der Waals surface area contributed by atoms with E-state index >= 15 is 0 Å². The van der Waals surface area contributed by atoms with Gasteiger partial charge in [0.25, 0.3) is 5.91 Å². The fraction of sp³-hybridized carbons (Fsp3) is 0.455.